The Morgan fingerprint density at radius 3 is 2.15 bits per heavy atom. The smallest absolute Gasteiger partial charge is 0.218 e. The number of hydrogen-bond donors (Lipinski definition) is 0. The van der Waals surface area contributed by atoms with Gasteiger partial charge in [-0.25, -0.2) is 8.42 Å². The highest BCUT2D eigenvalue weighted by molar-refractivity contribution is 9.42. The van der Waals surface area contributed by atoms with E-state index in [-0.39, 0.29) is 4.34 Å². The molecule has 74 valence electrons. The second-order valence-corrected chi connectivity index (χ2v) is 13.8. The van der Waals surface area contributed by atoms with E-state index in [0.29, 0.717) is 5.01 Å². The zero-order chi connectivity index (χ0) is 10.3. The molecule has 0 aliphatic heterocycles. The zero-order valence-corrected chi connectivity index (χ0v) is 12.6. The Bertz CT molecular complexity index is 407. The van der Waals surface area contributed by atoms with E-state index in [1.54, 1.807) is 6.92 Å². The lowest BCUT2D eigenvalue weighted by Crippen LogP contribution is -2.17. The lowest BCUT2D eigenvalue weighted by Gasteiger charge is -2.09. The van der Waals surface area contributed by atoms with Crippen LogP contribution in [0.1, 0.15) is 5.01 Å². The van der Waals surface area contributed by atoms with Crippen molar-refractivity contribution in [3.05, 3.63) is 5.01 Å². The van der Waals surface area contributed by atoms with E-state index in [1.807, 2.05) is 0 Å². The quantitative estimate of drug-likeness (QED) is 0.662. The van der Waals surface area contributed by atoms with Crippen LogP contribution in [0, 0.1) is 6.92 Å². The molecule has 0 aromatic carbocycles. The van der Waals surface area contributed by atoms with Crippen molar-refractivity contribution in [2.45, 2.75) is 12.7 Å². The predicted octanol–water partition coefficient (Wildman–Crippen LogP) is 2.42. The first-order chi connectivity index (χ1) is 5.75. The monoisotopic (exact) mass is 412 g/mol. The van der Waals surface area contributed by atoms with Crippen LogP contribution >= 0.6 is 59.1 Å². The average Bonchev–Trinajstić information content (AvgIpc) is 2.33. The predicted molar refractivity (Wildman–Crippen MR) is 61.3 cm³/mol. The molecule has 9 heteroatoms. The summed E-state index contributed by atoms with van der Waals surface area (Å²) in [4.78, 5) is 0. The van der Waals surface area contributed by atoms with E-state index in [0.717, 1.165) is 11.3 Å². The van der Waals surface area contributed by atoms with Gasteiger partial charge < -0.3 is 0 Å². The molecule has 0 N–H and O–H groups in total. The number of aryl methyl sites for hydroxylation is 1. The van der Waals surface area contributed by atoms with Crippen molar-refractivity contribution in [3.8, 4) is 0 Å². The first-order valence-corrected chi connectivity index (χ1v) is 7.54. The number of rotatable bonds is 1. The van der Waals surface area contributed by atoms with E-state index in [9.17, 15) is 8.42 Å². The highest BCUT2D eigenvalue weighted by Gasteiger charge is 2.40. The van der Waals surface area contributed by atoms with E-state index in [1.165, 1.54) is 0 Å². The third-order valence-corrected chi connectivity index (χ3v) is 7.57. The molecule has 0 aliphatic rings. The molecule has 0 bridgehead atoms. The van der Waals surface area contributed by atoms with Gasteiger partial charge in [-0.05, 0) is 54.7 Å². The topological polar surface area (TPSA) is 59.9 Å². The number of alkyl halides is 3. The average molecular weight is 415 g/mol. The molecule has 1 aromatic rings. The molecule has 4 nitrogen and oxygen atoms in total. The van der Waals surface area contributed by atoms with Gasteiger partial charge in [0.05, 0.1) is 0 Å². The minimum atomic E-state index is -3.56. The normalized spacial score (nSPS) is 13.2. The molecular weight excluding hydrogens is 412 g/mol. The molecule has 1 aromatic heterocycles. The van der Waals surface area contributed by atoms with E-state index in [4.69, 9.17) is 0 Å². The number of halogens is 3. The summed E-state index contributed by atoms with van der Waals surface area (Å²) in [5.74, 6) is 0. The number of nitrogens with zero attached hydrogens (tertiary/aromatic N) is 2. The second-order valence-electron chi connectivity index (χ2n) is 2.04. The van der Waals surface area contributed by atoms with Crippen molar-refractivity contribution >= 4 is 69.0 Å². The molecule has 0 aliphatic carbocycles. The SMILES string of the molecule is Cc1nnc(S(=O)(=O)C(Br)(Br)Br)s1. The third kappa shape index (κ3) is 2.49. The summed E-state index contributed by atoms with van der Waals surface area (Å²) in [5.41, 5.74) is 0. The summed E-state index contributed by atoms with van der Waals surface area (Å²) in [6.07, 6.45) is 0. The summed E-state index contributed by atoms with van der Waals surface area (Å²) in [7, 11) is -3.56. The Balaban J connectivity index is 3.24. The molecule has 0 saturated carbocycles. The highest BCUT2D eigenvalue weighted by Crippen LogP contribution is 2.43. The second kappa shape index (κ2) is 3.84. The van der Waals surface area contributed by atoms with Gasteiger partial charge in [0.2, 0.25) is 15.7 Å². The Hall–Kier alpha value is 0.950. The van der Waals surface area contributed by atoms with Gasteiger partial charge in [-0.2, -0.15) is 0 Å². The van der Waals surface area contributed by atoms with Crippen LogP contribution in [0.5, 0.6) is 0 Å². The van der Waals surface area contributed by atoms with Crippen LogP contribution in [0.15, 0.2) is 4.34 Å². The standard InChI is InChI=1S/C4H3Br3N2O2S2/c1-2-8-9-3(12-2)13(10,11)4(5,6)7/h1H3. The molecule has 0 saturated heterocycles. The molecule has 1 heterocycles. The van der Waals surface area contributed by atoms with Crippen LogP contribution in [0.2, 0.25) is 0 Å². The minimum absolute atomic E-state index is 0.0318. The molecule has 0 radical (unpaired) electrons. The molecule has 13 heavy (non-hydrogen) atoms. The third-order valence-electron chi connectivity index (χ3n) is 1.04. The van der Waals surface area contributed by atoms with Crippen LogP contribution in [0.4, 0.5) is 0 Å². The summed E-state index contributed by atoms with van der Waals surface area (Å²) >= 11 is 9.81. The fraction of sp³-hybridized carbons (Fsp3) is 0.500. The maximum atomic E-state index is 11.6. The van der Waals surface area contributed by atoms with Gasteiger partial charge in [-0.1, -0.05) is 11.3 Å². The minimum Gasteiger partial charge on any atom is -0.218 e. The number of hydrogen-bond acceptors (Lipinski definition) is 5. The molecule has 0 unspecified atom stereocenters. The summed E-state index contributed by atoms with van der Waals surface area (Å²) < 4.78 is 21.9. The highest BCUT2D eigenvalue weighted by atomic mass is 80.0. The van der Waals surface area contributed by atoms with Crippen molar-refractivity contribution in [3.63, 3.8) is 0 Å². The van der Waals surface area contributed by atoms with Crippen LogP contribution in [-0.2, 0) is 9.84 Å². The van der Waals surface area contributed by atoms with Crippen molar-refractivity contribution in [1.82, 2.24) is 10.2 Å². The van der Waals surface area contributed by atoms with Gasteiger partial charge in [0.1, 0.15) is 5.01 Å². The maximum Gasteiger partial charge on any atom is 0.243 e. The van der Waals surface area contributed by atoms with Crippen LogP contribution in [-0.4, -0.2) is 20.1 Å². The Morgan fingerprint density at radius 1 is 1.31 bits per heavy atom. The van der Waals surface area contributed by atoms with E-state index >= 15 is 0 Å². The van der Waals surface area contributed by atoms with Crippen LogP contribution in [0.25, 0.3) is 0 Å². The van der Waals surface area contributed by atoms with Crippen molar-refractivity contribution in [2.75, 3.05) is 0 Å². The maximum absolute atomic E-state index is 11.6. The van der Waals surface area contributed by atoms with Gasteiger partial charge in [0.15, 0.2) is 0 Å². The number of aromatic nitrogens is 2. The van der Waals surface area contributed by atoms with Gasteiger partial charge in [-0.3, -0.25) is 0 Å². The summed E-state index contributed by atoms with van der Waals surface area (Å²) in [6, 6.07) is 0. The number of sulfone groups is 1. The Kier molecular flexibility index (Phi) is 3.55. The lowest BCUT2D eigenvalue weighted by molar-refractivity contribution is 0.597. The first-order valence-electron chi connectivity index (χ1n) is 2.86. The zero-order valence-electron chi connectivity index (χ0n) is 6.16. The van der Waals surface area contributed by atoms with E-state index < -0.39 is 11.3 Å². The largest absolute Gasteiger partial charge is 0.243 e. The van der Waals surface area contributed by atoms with Gasteiger partial charge >= 0.3 is 0 Å². The van der Waals surface area contributed by atoms with Gasteiger partial charge in [0.25, 0.3) is 0 Å². The fourth-order valence-electron chi connectivity index (χ4n) is 0.486. The van der Waals surface area contributed by atoms with Crippen molar-refractivity contribution in [2.24, 2.45) is 0 Å². The first kappa shape index (κ1) is 12.0. The molecular formula is C4H3Br3N2O2S2. The van der Waals surface area contributed by atoms with Gasteiger partial charge in [0, 0.05) is 0 Å². The Morgan fingerprint density at radius 2 is 1.85 bits per heavy atom. The molecule has 0 fully saturated rings. The van der Waals surface area contributed by atoms with E-state index in [2.05, 4.69) is 58.0 Å². The summed E-state index contributed by atoms with van der Waals surface area (Å²) in [6.45, 7) is 1.69. The lowest BCUT2D eigenvalue weighted by atomic mass is 10.9. The van der Waals surface area contributed by atoms with Crippen LogP contribution < -0.4 is 0 Å². The molecule has 0 amide bonds. The fourth-order valence-corrected chi connectivity index (χ4v) is 4.77. The molecule has 1 rings (SSSR count). The van der Waals surface area contributed by atoms with Gasteiger partial charge in [-0.15, -0.1) is 10.2 Å². The molecule has 0 spiro atoms. The van der Waals surface area contributed by atoms with Crippen molar-refractivity contribution < 1.29 is 8.42 Å². The summed E-state index contributed by atoms with van der Waals surface area (Å²) in [5, 5.41) is 7.77. The van der Waals surface area contributed by atoms with Crippen molar-refractivity contribution in [1.29, 1.82) is 0 Å². The van der Waals surface area contributed by atoms with Crippen LogP contribution in [0.3, 0.4) is 0 Å². The molecule has 0 atom stereocenters. The Labute approximate surface area is 104 Å².